The lowest BCUT2D eigenvalue weighted by Crippen LogP contribution is -2.38. The smallest absolute Gasteiger partial charge is 0.350 e. The molecule has 0 bridgehead atoms. The number of amides is 1. The molecule has 1 N–H and O–H groups in total. The van der Waals surface area contributed by atoms with Gasteiger partial charge in [-0.15, -0.1) is 0 Å². The quantitative estimate of drug-likeness (QED) is 0.760. The van der Waals surface area contributed by atoms with Crippen molar-refractivity contribution in [1.82, 2.24) is 19.9 Å². The number of benzene rings is 1. The van der Waals surface area contributed by atoms with Crippen LogP contribution >= 0.6 is 0 Å². The lowest BCUT2D eigenvalue weighted by Gasteiger charge is -2.19. The Morgan fingerprint density at radius 1 is 1.22 bits per heavy atom. The van der Waals surface area contributed by atoms with Crippen LogP contribution in [0.15, 0.2) is 53.6 Å². The van der Waals surface area contributed by atoms with Crippen molar-refractivity contribution in [2.75, 3.05) is 0 Å². The van der Waals surface area contributed by atoms with Gasteiger partial charge in [0.15, 0.2) is 0 Å². The van der Waals surface area contributed by atoms with Crippen molar-refractivity contribution in [2.24, 2.45) is 0 Å². The number of halogens is 3. The molecule has 3 rings (SSSR count). The number of carbonyl (C=O) groups excluding carboxylic acids is 1. The number of pyridine rings is 1. The third-order valence-electron chi connectivity index (χ3n) is 4.02. The van der Waals surface area contributed by atoms with Crippen LogP contribution < -0.4 is 10.9 Å². The van der Waals surface area contributed by atoms with Gasteiger partial charge in [-0.05, 0) is 30.7 Å². The number of rotatable bonds is 4. The van der Waals surface area contributed by atoms with Crippen molar-refractivity contribution in [3.63, 3.8) is 0 Å². The average Bonchev–Trinajstić information content (AvgIpc) is 2.65. The molecule has 2 heterocycles. The average molecular weight is 376 g/mol. The van der Waals surface area contributed by atoms with E-state index >= 15 is 0 Å². The molecule has 9 heteroatoms. The van der Waals surface area contributed by atoms with Crippen LogP contribution in [0.4, 0.5) is 13.2 Å². The molecule has 0 spiro atoms. The van der Waals surface area contributed by atoms with Crippen molar-refractivity contribution in [1.29, 1.82) is 0 Å². The molecule has 6 nitrogen and oxygen atoms in total. The molecular weight excluding hydrogens is 361 g/mol. The van der Waals surface area contributed by atoms with Gasteiger partial charge in [0.2, 0.25) is 11.6 Å². The highest BCUT2D eigenvalue weighted by molar-refractivity contribution is 5.83. The van der Waals surface area contributed by atoms with Crippen LogP contribution in [0, 0.1) is 0 Å². The van der Waals surface area contributed by atoms with Crippen molar-refractivity contribution < 1.29 is 18.0 Å². The monoisotopic (exact) mass is 376 g/mol. The van der Waals surface area contributed by atoms with E-state index in [1.54, 1.807) is 30.6 Å². The van der Waals surface area contributed by atoms with E-state index < -0.39 is 29.4 Å². The molecular formula is C18H15F3N4O2. The second kappa shape index (κ2) is 7.18. The molecule has 0 saturated heterocycles. The minimum absolute atomic E-state index is 0.0173. The fraction of sp³-hybridized carbons (Fsp3) is 0.222. The van der Waals surface area contributed by atoms with Gasteiger partial charge in [0.05, 0.1) is 11.0 Å². The van der Waals surface area contributed by atoms with E-state index in [0.717, 1.165) is 10.1 Å². The fourth-order valence-corrected chi connectivity index (χ4v) is 2.68. The van der Waals surface area contributed by atoms with Gasteiger partial charge >= 0.3 is 6.18 Å². The van der Waals surface area contributed by atoms with Gasteiger partial charge in [-0.3, -0.25) is 19.1 Å². The van der Waals surface area contributed by atoms with Gasteiger partial charge in [0.25, 0.3) is 5.56 Å². The maximum atomic E-state index is 13.2. The zero-order valence-corrected chi connectivity index (χ0v) is 14.2. The molecule has 0 aliphatic heterocycles. The Morgan fingerprint density at radius 2 is 1.96 bits per heavy atom. The molecule has 27 heavy (non-hydrogen) atoms. The van der Waals surface area contributed by atoms with E-state index in [-0.39, 0.29) is 17.6 Å². The van der Waals surface area contributed by atoms with Crippen LogP contribution in [0.2, 0.25) is 0 Å². The van der Waals surface area contributed by atoms with Gasteiger partial charge in [-0.25, -0.2) is 4.98 Å². The molecule has 0 radical (unpaired) electrons. The van der Waals surface area contributed by atoms with Gasteiger partial charge in [-0.1, -0.05) is 18.2 Å². The summed E-state index contributed by atoms with van der Waals surface area (Å²) in [4.78, 5) is 32.3. The van der Waals surface area contributed by atoms with Gasteiger partial charge in [0.1, 0.15) is 6.04 Å². The Labute approximate surface area is 151 Å². The first kappa shape index (κ1) is 18.6. The molecule has 140 valence electrons. The Balaban J connectivity index is 2.00. The zero-order chi connectivity index (χ0) is 19.6. The van der Waals surface area contributed by atoms with Crippen molar-refractivity contribution in [2.45, 2.75) is 25.7 Å². The summed E-state index contributed by atoms with van der Waals surface area (Å²) in [6.07, 6.45) is -1.79. The summed E-state index contributed by atoms with van der Waals surface area (Å²) < 4.78 is 40.4. The van der Waals surface area contributed by atoms with E-state index in [1.807, 2.05) is 0 Å². The van der Waals surface area contributed by atoms with Crippen LogP contribution in [-0.2, 0) is 17.5 Å². The molecule has 0 aliphatic rings. The van der Waals surface area contributed by atoms with Crippen molar-refractivity contribution in [3.05, 3.63) is 70.4 Å². The molecule has 0 unspecified atom stereocenters. The number of alkyl halides is 3. The first-order chi connectivity index (χ1) is 12.8. The van der Waals surface area contributed by atoms with E-state index in [4.69, 9.17) is 0 Å². The predicted octanol–water partition coefficient (Wildman–Crippen LogP) is 2.69. The van der Waals surface area contributed by atoms with E-state index in [0.29, 0.717) is 0 Å². The number of hydrogen-bond donors (Lipinski definition) is 1. The maximum Gasteiger partial charge on any atom is 0.438 e. The van der Waals surface area contributed by atoms with Crippen LogP contribution in [0.3, 0.4) is 0 Å². The second-order valence-corrected chi connectivity index (χ2v) is 5.88. The number of fused-ring (bicyclic) bond motifs is 1. The molecule has 1 amide bonds. The number of carbonyl (C=O) groups is 1. The standard InChI is InChI=1S/C18H15F3N4O2/c1-11(16(26)23-10-12-5-4-8-22-9-12)25-14-7-3-2-6-13(14)24-15(17(25)27)18(19,20)21/h2-9,11H,10H2,1H3,(H,23,26)/t11-/m0/s1. The Kier molecular flexibility index (Phi) is 4.93. The van der Waals surface area contributed by atoms with Crippen molar-refractivity contribution in [3.8, 4) is 0 Å². The second-order valence-electron chi connectivity index (χ2n) is 5.88. The van der Waals surface area contributed by atoms with E-state index in [1.165, 1.54) is 25.1 Å². The Bertz CT molecular complexity index is 1030. The van der Waals surface area contributed by atoms with E-state index in [2.05, 4.69) is 15.3 Å². The Morgan fingerprint density at radius 3 is 2.63 bits per heavy atom. The summed E-state index contributed by atoms with van der Waals surface area (Å²) >= 11 is 0. The number of para-hydroxylation sites is 2. The number of aromatic nitrogens is 3. The topological polar surface area (TPSA) is 76.9 Å². The fourth-order valence-electron chi connectivity index (χ4n) is 2.68. The highest BCUT2D eigenvalue weighted by Crippen LogP contribution is 2.27. The van der Waals surface area contributed by atoms with Crippen LogP contribution in [0.25, 0.3) is 11.0 Å². The Hall–Kier alpha value is -3.23. The molecule has 1 aromatic carbocycles. The summed E-state index contributed by atoms with van der Waals surface area (Å²) in [6, 6.07) is 8.17. The highest BCUT2D eigenvalue weighted by atomic mass is 19.4. The third-order valence-corrected chi connectivity index (χ3v) is 4.02. The lowest BCUT2D eigenvalue weighted by molar-refractivity contribution is -0.142. The van der Waals surface area contributed by atoms with Crippen LogP contribution in [-0.4, -0.2) is 20.4 Å². The number of nitrogens with zero attached hydrogens (tertiary/aromatic N) is 3. The molecule has 1 atom stereocenters. The minimum atomic E-state index is -4.92. The van der Waals surface area contributed by atoms with Gasteiger partial charge in [0, 0.05) is 18.9 Å². The summed E-state index contributed by atoms with van der Waals surface area (Å²) in [5.74, 6) is -0.592. The summed E-state index contributed by atoms with van der Waals surface area (Å²) in [5, 5.41) is 2.61. The molecule has 2 aromatic heterocycles. The first-order valence-electron chi connectivity index (χ1n) is 8.04. The van der Waals surface area contributed by atoms with Gasteiger partial charge in [-0.2, -0.15) is 13.2 Å². The molecule has 0 aliphatic carbocycles. The predicted molar refractivity (Wildman–Crippen MR) is 91.8 cm³/mol. The molecule has 3 aromatic rings. The molecule has 0 saturated carbocycles. The molecule has 0 fully saturated rings. The zero-order valence-electron chi connectivity index (χ0n) is 14.2. The maximum absolute atomic E-state index is 13.2. The summed E-state index contributed by atoms with van der Waals surface area (Å²) in [7, 11) is 0. The van der Waals surface area contributed by atoms with Gasteiger partial charge < -0.3 is 5.32 Å². The first-order valence-corrected chi connectivity index (χ1v) is 8.04. The minimum Gasteiger partial charge on any atom is -0.350 e. The van der Waals surface area contributed by atoms with Crippen LogP contribution in [0.1, 0.15) is 24.2 Å². The van der Waals surface area contributed by atoms with E-state index in [9.17, 15) is 22.8 Å². The number of nitrogens with one attached hydrogen (secondary N) is 1. The summed E-state index contributed by atoms with van der Waals surface area (Å²) in [5.41, 5.74) is -2.05. The number of hydrogen-bond acceptors (Lipinski definition) is 4. The van der Waals surface area contributed by atoms with Crippen LogP contribution in [0.5, 0.6) is 0 Å². The summed E-state index contributed by atoms with van der Waals surface area (Å²) in [6.45, 7) is 1.51. The normalized spacial score (nSPS) is 12.7. The SMILES string of the molecule is C[C@@H](C(=O)NCc1cccnc1)n1c(=O)c(C(F)(F)F)nc2ccccc21. The third kappa shape index (κ3) is 3.81. The lowest BCUT2D eigenvalue weighted by atomic mass is 10.2. The highest BCUT2D eigenvalue weighted by Gasteiger charge is 2.38. The van der Waals surface area contributed by atoms with Crippen molar-refractivity contribution >= 4 is 16.9 Å². The largest absolute Gasteiger partial charge is 0.438 e.